The number of amides is 1. The number of rotatable bonds is 7. The lowest BCUT2D eigenvalue weighted by Gasteiger charge is -2.36. The zero-order valence-electron chi connectivity index (χ0n) is 15.0. The summed E-state index contributed by atoms with van der Waals surface area (Å²) in [5.74, 6) is 0.285. The Morgan fingerprint density at radius 1 is 1.41 bits per heavy atom. The fourth-order valence-electron chi connectivity index (χ4n) is 3.29. The second-order valence-electron chi connectivity index (χ2n) is 6.27. The van der Waals surface area contributed by atoms with Crippen LogP contribution in [0.5, 0.6) is 11.5 Å². The van der Waals surface area contributed by atoms with Crippen molar-refractivity contribution in [2.45, 2.75) is 31.5 Å². The summed E-state index contributed by atoms with van der Waals surface area (Å²) in [7, 11) is 1.48. The number of carbonyl (C=O) groups is 1. The van der Waals surface area contributed by atoms with Gasteiger partial charge in [-0.25, -0.2) is 0 Å². The number of hydrogen-bond donors (Lipinski definition) is 2. The van der Waals surface area contributed by atoms with E-state index in [0.29, 0.717) is 37.2 Å². The number of aromatic nitrogens is 2. The van der Waals surface area contributed by atoms with Gasteiger partial charge in [0.05, 0.1) is 7.11 Å². The Balaban J connectivity index is 1.79. The maximum Gasteiger partial charge on any atom is 0.387 e. The van der Waals surface area contributed by atoms with Gasteiger partial charge in [-0.2, -0.15) is 13.9 Å². The Kier molecular flexibility index (Phi) is 5.90. The van der Waals surface area contributed by atoms with Gasteiger partial charge in [0.25, 0.3) is 0 Å². The summed E-state index contributed by atoms with van der Waals surface area (Å²) in [6, 6.07) is 6.27. The number of benzene rings is 1. The van der Waals surface area contributed by atoms with Gasteiger partial charge in [0.2, 0.25) is 5.91 Å². The normalized spacial score (nSPS) is 16.1. The number of nitrogens with one attached hydrogen (secondary N) is 2. The molecule has 1 aromatic heterocycles. The molecule has 2 aromatic rings. The Morgan fingerprint density at radius 3 is 2.81 bits per heavy atom. The molecule has 2 N–H and O–H groups in total. The quantitative estimate of drug-likeness (QED) is 0.767. The van der Waals surface area contributed by atoms with Crippen LogP contribution in [0.2, 0.25) is 0 Å². The topological polar surface area (TPSA) is 77.4 Å². The molecule has 1 fully saturated rings. The lowest BCUT2D eigenvalue weighted by molar-refractivity contribution is -0.132. The minimum Gasteiger partial charge on any atom is -0.497 e. The molecule has 0 spiro atoms. The van der Waals surface area contributed by atoms with Crippen molar-refractivity contribution >= 4 is 5.91 Å². The van der Waals surface area contributed by atoms with E-state index < -0.39 is 12.2 Å². The Morgan fingerprint density at radius 2 is 2.19 bits per heavy atom. The van der Waals surface area contributed by atoms with Crippen molar-refractivity contribution in [1.29, 1.82) is 0 Å². The monoisotopic (exact) mass is 380 g/mol. The Hall–Kier alpha value is -2.68. The van der Waals surface area contributed by atoms with Crippen LogP contribution in [0.4, 0.5) is 8.78 Å². The van der Waals surface area contributed by atoms with Gasteiger partial charge >= 0.3 is 6.61 Å². The van der Waals surface area contributed by atoms with Crippen LogP contribution in [0, 0.1) is 0 Å². The third kappa shape index (κ3) is 4.19. The summed E-state index contributed by atoms with van der Waals surface area (Å²) in [4.78, 5) is 13.1. The number of halogens is 2. The second-order valence-corrected chi connectivity index (χ2v) is 6.27. The van der Waals surface area contributed by atoms with Crippen molar-refractivity contribution in [3.8, 4) is 11.5 Å². The van der Waals surface area contributed by atoms with Crippen molar-refractivity contribution in [1.82, 2.24) is 20.4 Å². The van der Waals surface area contributed by atoms with E-state index in [4.69, 9.17) is 4.74 Å². The Labute approximate surface area is 155 Å². The molecule has 9 heteroatoms. The maximum absolute atomic E-state index is 13.1. The van der Waals surface area contributed by atoms with Crippen LogP contribution < -0.4 is 20.1 Å². The summed E-state index contributed by atoms with van der Waals surface area (Å²) in [5.41, 5.74) is -0.398. The molecule has 7 nitrogen and oxygen atoms in total. The fourth-order valence-corrected chi connectivity index (χ4v) is 3.29. The maximum atomic E-state index is 13.1. The molecule has 1 amide bonds. The molecule has 0 bridgehead atoms. The predicted octanol–water partition coefficient (Wildman–Crippen LogP) is 1.89. The molecular formula is C18H22F2N4O3. The molecule has 1 aliphatic rings. The van der Waals surface area contributed by atoms with Crippen LogP contribution in [0.25, 0.3) is 0 Å². The second kappa shape index (κ2) is 8.34. The first kappa shape index (κ1) is 19.1. The lowest BCUT2D eigenvalue weighted by Crippen LogP contribution is -2.54. The molecule has 0 aliphatic carbocycles. The molecule has 146 valence electrons. The van der Waals surface area contributed by atoms with Crippen molar-refractivity contribution in [3.63, 3.8) is 0 Å². The van der Waals surface area contributed by atoms with Crippen LogP contribution in [0.1, 0.15) is 18.4 Å². The van der Waals surface area contributed by atoms with Crippen LogP contribution in [-0.2, 0) is 16.9 Å². The zero-order chi connectivity index (χ0) is 19.3. The molecular weight excluding hydrogens is 358 g/mol. The SMILES string of the molecule is COc1ccc(OC(F)F)c(CNC(=O)C2(n3cccn3)CCNCC2)c1. The van der Waals surface area contributed by atoms with Gasteiger partial charge in [0, 0.05) is 24.5 Å². The van der Waals surface area contributed by atoms with E-state index in [9.17, 15) is 13.6 Å². The molecule has 0 unspecified atom stereocenters. The van der Waals surface area contributed by atoms with E-state index in [1.165, 1.54) is 19.2 Å². The number of ether oxygens (including phenoxy) is 2. The number of carbonyl (C=O) groups excluding carboxylic acids is 1. The average Bonchev–Trinajstić information content (AvgIpc) is 3.22. The van der Waals surface area contributed by atoms with Crippen molar-refractivity contribution in [2.75, 3.05) is 20.2 Å². The first-order valence-electron chi connectivity index (χ1n) is 8.66. The minimum absolute atomic E-state index is 0.00421. The predicted molar refractivity (Wildman–Crippen MR) is 93.8 cm³/mol. The largest absolute Gasteiger partial charge is 0.497 e. The van der Waals surface area contributed by atoms with E-state index in [1.54, 1.807) is 29.2 Å². The zero-order valence-corrected chi connectivity index (χ0v) is 15.0. The molecule has 1 aromatic carbocycles. The van der Waals surface area contributed by atoms with E-state index in [1.807, 2.05) is 0 Å². The smallest absolute Gasteiger partial charge is 0.387 e. The van der Waals surface area contributed by atoms with Gasteiger partial charge in [0.15, 0.2) is 0 Å². The molecule has 1 saturated heterocycles. The Bertz CT molecular complexity index is 762. The van der Waals surface area contributed by atoms with Crippen LogP contribution in [-0.4, -0.2) is 42.5 Å². The van der Waals surface area contributed by atoms with Crippen LogP contribution >= 0.6 is 0 Å². The number of nitrogens with zero attached hydrogens (tertiary/aromatic N) is 2. The molecule has 0 saturated carbocycles. The third-order valence-electron chi connectivity index (χ3n) is 4.72. The molecule has 3 rings (SSSR count). The summed E-state index contributed by atoms with van der Waals surface area (Å²) in [6.45, 7) is -1.54. The van der Waals surface area contributed by atoms with Gasteiger partial charge in [-0.05, 0) is 50.2 Å². The first-order valence-corrected chi connectivity index (χ1v) is 8.66. The summed E-state index contributed by atoms with van der Waals surface area (Å²) >= 11 is 0. The first-order chi connectivity index (χ1) is 13.0. The number of alkyl halides is 2. The van der Waals surface area contributed by atoms with Crippen molar-refractivity contribution in [3.05, 3.63) is 42.2 Å². The number of hydrogen-bond acceptors (Lipinski definition) is 5. The highest BCUT2D eigenvalue weighted by atomic mass is 19.3. The highest BCUT2D eigenvalue weighted by Gasteiger charge is 2.41. The van der Waals surface area contributed by atoms with Gasteiger partial charge in [-0.15, -0.1) is 0 Å². The molecule has 0 atom stereocenters. The van der Waals surface area contributed by atoms with Gasteiger partial charge in [-0.1, -0.05) is 0 Å². The van der Waals surface area contributed by atoms with Gasteiger partial charge in [0.1, 0.15) is 17.0 Å². The van der Waals surface area contributed by atoms with Gasteiger partial charge < -0.3 is 20.1 Å². The summed E-state index contributed by atoms with van der Waals surface area (Å²) < 4.78 is 36.7. The summed E-state index contributed by atoms with van der Waals surface area (Å²) in [6.07, 6.45) is 4.56. The van der Waals surface area contributed by atoms with Crippen LogP contribution in [0.3, 0.4) is 0 Å². The van der Waals surface area contributed by atoms with Crippen LogP contribution in [0.15, 0.2) is 36.7 Å². The van der Waals surface area contributed by atoms with E-state index in [2.05, 4.69) is 20.5 Å². The molecule has 27 heavy (non-hydrogen) atoms. The molecule has 1 aliphatic heterocycles. The van der Waals surface area contributed by atoms with Gasteiger partial charge in [-0.3, -0.25) is 9.48 Å². The van der Waals surface area contributed by atoms with Crippen molar-refractivity contribution in [2.24, 2.45) is 0 Å². The number of methoxy groups -OCH3 is 1. The molecule has 2 heterocycles. The average molecular weight is 380 g/mol. The lowest BCUT2D eigenvalue weighted by atomic mass is 9.87. The summed E-state index contributed by atoms with van der Waals surface area (Å²) in [5, 5.41) is 10.3. The van der Waals surface area contributed by atoms with Crippen molar-refractivity contribution < 1.29 is 23.0 Å². The minimum atomic E-state index is -2.95. The van der Waals surface area contributed by atoms with E-state index in [0.717, 1.165) is 0 Å². The third-order valence-corrected chi connectivity index (χ3v) is 4.72. The standard InChI is InChI=1S/C18H22F2N4O3/c1-26-14-3-4-15(27-17(19)20)13(11-14)12-22-16(25)18(5-8-21-9-6-18)24-10-2-7-23-24/h2-4,7,10-11,17,21H,5-6,8-9,12H2,1H3,(H,22,25). The fraction of sp³-hybridized carbons (Fsp3) is 0.444. The highest BCUT2D eigenvalue weighted by Crippen LogP contribution is 2.29. The number of piperidine rings is 1. The van der Waals surface area contributed by atoms with E-state index in [-0.39, 0.29) is 18.2 Å². The van der Waals surface area contributed by atoms with E-state index >= 15 is 0 Å². The molecule has 0 radical (unpaired) electrons. The highest BCUT2D eigenvalue weighted by molar-refractivity contribution is 5.84.